The van der Waals surface area contributed by atoms with E-state index in [9.17, 15) is 18.4 Å². The van der Waals surface area contributed by atoms with Gasteiger partial charge in [0.05, 0.1) is 0 Å². The highest BCUT2D eigenvalue weighted by Crippen LogP contribution is 2.18. The molecule has 1 aromatic heterocycles. The molecule has 0 bridgehead atoms. The van der Waals surface area contributed by atoms with Crippen LogP contribution >= 0.6 is 0 Å². The number of carbonyl (C=O) groups excluding carboxylic acids is 2. The first kappa shape index (κ1) is 18.5. The average Bonchev–Trinajstić information content (AvgIpc) is 2.58. The summed E-state index contributed by atoms with van der Waals surface area (Å²) in [7, 11) is 3.74. The normalized spacial score (nSPS) is 10.6. The molecule has 6 nitrogen and oxygen atoms in total. The highest BCUT2D eigenvalue weighted by molar-refractivity contribution is 6.04. The second kappa shape index (κ2) is 8.29. The van der Waals surface area contributed by atoms with Gasteiger partial charge in [0.25, 0.3) is 11.8 Å². The molecule has 2 aromatic rings. The molecule has 1 aromatic carbocycles. The van der Waals surface area contributed by atoms with Gasteiger partial charge in [0.15, 0.2) is 0 Å². The van der Waals surface area contributed by atoms with Crippen molar-refractivity contribution >= 4 is 17.5 Å². The minimum absolute atomic E-state index is 0.0420. The van der Waals surface area contributed by atoms with Crippen LogP contribution in [-0.4, -0.2) is 48.9 Å². The molecule has 2 amide bonds. The number of anilines is 1. The highest BCUT2D eigenvalue weighted by Gasteiger charge is 2.16. The monoisotopic (exact) mass is 348 g/mol. The van der Waals surface area contributed by atoms with Crippen molar-refractivity contribution in [1.29, 1.82) is 0 Å². The summed E-state index contributed by atoms with van der Waals surface area (Å²) in [6, 6.07) is 7.52. The number of nitrogens with one attached hydrogen (secondary N) is 2. The fourth-order valence-electron chi connectivity index (χ4n) is 1.97. The molecule has 0 aliphatic rings. The van der Waals surface area contributed by atoms with E-state index in [0.29, 0.717) is 13.1 Å². The van der Waals surface area contributed by atoms with E-state index in [2.05, 4.69) is 15.6 Å². The lowest BCUT2D eigenvalue weighted by Gasteiger charge is -2.11. The summed E-state index contributed by atoms with van der Waals surface area (Å²) < 4.78 is 27.2. The molecule has 0 aliphatic heterocycles. The molecule has 8 heteroatoms. The van der Waals surface area contributed by atoms with Gasteiger partial charge in [-0.2, -0.15) is 0 Å². The van der Waals surface area contributed by atoms with E-state index in [1.807, 2.05) is 19.0 Å². The van der Waals surface area contributed by atoms with Crippen molar-refractivity contribution in [2.24, 2.45) is 0 Å². The standard InChI is InChI=1S/C17H18F2N4O2/c1-23(2)10-9-20-16(24)13-7-4-8-14(21-13)17(25)22-15-11(18)5-3-6-12(15)19/h3-8H,9-10H2,1-2H3,(H,20,24)(H,22,25). The second-order valence-electron chi connectivity index (χ2n) is 5.52. The predicted octanol–water partition coefficient (Wildman–Crippen LogP) is 1.90. The van der Waals surface area contributed by atoms with Crippen LogP contribution in [0.4, 0.5) is 14.5 Å². The topological polar surface area (TPSA) is 74.3 Å². The number of pyridine rings is 1. The van der Waals surface area contributed by atoms with E-state index >= 15 is 0 Å². The lowest BCUT2D eigenvalue weighted by Crippen LogP contribution is -2.32. The van der Waals surface area contributed by atoms with Crippen molar-refractivity contribution in [3.63, 3.8) is 0 Å². The Labute approximate surface area is 143 Å². The SMILES string of the molecule is CN(C)CCNC(=O)c1cccc(C(=O)Nc2c(F)cccc2F)n1. The van der Waals surface area contributed by atoms with Gasteiger partial charge in [-0.3, -0.25) is 9.59 Å². The zero-order valence-electron chi connectivity index (χ0n) is 13.8. The van der Waals surface area contributed by atoms with Crippen LogP contribution in [0.2, 0.25) is 0 Å². The molecule has 0 atom stereocenters. The van der Waals surface area contributed by atoms with Crippen LogP contribution in [0.15, 0.2) is 36.4 Å². The maximum atomic E-state index is 13.6. The number of halogens is 2. The molecule has 0 unspecified atom stereocenters. The van der Waals surface area contributed by atoms with Crippen LogP contribution in [0.25, 0.3) is 0 Å². The minimum atomic E-state index is -0.897. The molecule has 2 N–H and O–H groups in total. The molecule has 0 radical (unpaired) electrons. The Morgan fingerprint density at radius 2 is 1.56 bits per heavy atom. The summed E-state index contributed by atoms with van der Waals surface area (Å²) >= 11 is 0. The first-order valence-corrected chi connectivity index (χ1v) is 7.54. The number of likely N-dealkylation sites (N-methyl/N-ethyl adjacent to an activating group) is 1. The van der Waals surface area contributed by atoms with Crippen molar-refractivity contribution in [2.75, 3.05) is 32.5 Å². The Morgan fingerprint density at radius 1 is 1.00 bits per heavy atom. The first-order chi connectivity index (χ1) is 11.9. The number of hydrogen-bond acceptors (Lipinski definition) is 4. The molecular formula is C17H18F2N4O2. The van der Waals surface area contributed by atoms with Crippen molar-refractivity contribution < 1.29 is 18.4 Å². The second-order valence-corrected chi connectivity index (χ2v) is 5.52. The number of para-hydroxylation sites is 1. The molecule has 2 rings (SSSR count). The van der Waals surface area contributed by atoms with Crippen LogP contribution in [0, 0.1) is 11.6 Å². The quantitative estimate of drug-likeness (QED) is 0.836. The Hall–Kier alpha value is -2.87. The molecule has 0 aliphatic carbocycles. The largest absolute Gasteiger partial charge is 0.349 e. The third-order valence-corrected chi connectivity index (χ3v) is 3.26. The van der Waals surface area contributed by atoms with Gasteiger partial charge in [-0.25, -0.2) is 13.8 Å². The van der Waals surface area contributed by atoms with Crippen LogP contribution in [-0.2, 0) is 0 Å². The molecule has 0 saturated carbocycles. The fraction of sp³-hybridized carbons (Fsp3) is 0.235. The van der Waals surface area contributed by atoms with Gasteiger partial charge in [0.2, 0.25) is 0 Å². The van der Waals surface area contributed by atoms with Crippen molar-refractivity contribution in [3.05, 3.63) is 59.4 Å². The number of amides is 2. The van der Waals surface area contributed by atoms with Crippen molar-refractivity contribution in [2.45, 2.75) is 0 Å². The fourth-order valence-corrected chi connectivity index (χ4v) is 1.97. The number of hydrogen-bond donors (Lipinski definition) is 2. The first-order valence-electron chi connectivity index (χ1n) is 7.54. The Kier molecular flexibility index (Phi) is 6.13. The summed E-state index contributed by atoms with van der Waals surface area (Å²) in [5, 5.41) is 4.80. The smallest absolute Gasteiger partial charge is 0.274 e. The van der Waals surface area contributed by atoms with E-state index in [4.69, 9.17) is 0 Å². The number of aromatic nitrogens is 1. The number of nitrogens with zero attached hydrogens (tertiary/aromatic N) is 2. The third kappa shape index (κ3) is 5.05. The Bertz CT molecular complexity index is 761. The molecule has 0 fully saturated rings. The maximum absolute atomic E-state index is 13.6. The lowest BCUT2D eigenvalue weighted by molar-refractivity contribution is 0.0946. The molecule has 25 heavy (non-hydrogen) atoms. The summed E-state index contributed by atoms with van der Waals surface area (Å²) in [6.45, 7) is 1.07. The average molecular weight is 348 g/mol. The van der Waals surface area contributed by atoms with E-state index in [1.165, 1.54) is 24.3 Å². The summed E-state index contributed by atoms with van der Waals surface area (Å²) in [6.07, 6.45) is 0. The summed E-state index contributed by atoms with van der Waals surface area (Å²) in [5.74, 6) is -3.04. The summed E-state index contributed by atoms with van der Waals surface area (Å²) in [5.41, 5.74) is -0.640. The molecule has 1 heterocycles. The van der Waals surface area contributed by atoms with Crippen LogP contribution in [0.5, 0.6) is 0 Å². The van der Waals surface area contributed by atoms with Crippen LogP contribution < -0.4 is 10.6 Å². The van der Waals surface area contributed by atoms with E-state index in [0.717, 1.165) is 12.1 Å². The van der Waals surface area contributed by atoms with Crippen molar-refractivity contribution in [3.8, 4) is 0 Å². The van der Waals surface area contributed by atoms with Gasteiger partial charge >= 0.3 is 0 Å². The number of carbonyl (C=O) groups is 2. The lowest BCUT2D eigenvalue weighted by atomic mass is 10.2. The minimum Gasteiger partial charge on any atom is -0.349 e. The number of benzene rings is 1. The highest BCUT2D eigenvalue weighted by atomic mass is 19.1. The maximum Gasteiger partial charge on any atom is 0.274 e. The van der Waals surface area contributed by atoms with Crippen LogP contribution in [0.3, 0.4) is 0 Å². The molecule has 0 spiro atoms. The van der Waals surface area contributed by atoms with E-state index in [1.54, 1.807) is 0 Å². The van der Waals surface area contributed by atoms with Gasteiger partial charge in [-0.1, -0.05) is 12.1 Å². The number of rotatable bonds is 6. The Morgan fingerprint density at radius 3 is 2.16 bits per heavy atom. The summed E-state index contributed by atoms with van der Waals surface area (Å²) in [4.78, 5) is 30.0. The van der Waals surface area contributed by atoms with Gasteiger partial charge in [0.1, 0.15) is 28.7 Å². The molecular weight excluding hydrogens is 330 g/mol. The molecule has 132 valence electrons. The Balaban J connectivity index is 2.10. The zero-order chi connectivity index (χ0) is 18.4. The van der Waals surface area contributed by atoms with Gasteiger partial charge in [0, 0.05) is 13.1 Å². The van der Waals surface area contributed by atoms with Gasteiger partial charge < -0.3 is 15.5 Å². The van der Waals surface area contributed by atoms with Gasteiger partial charge in [-0.15, -0.1) is 0 Å². The van der Waals surface area contributed by atoms with E-state index < -0.39 is 29.1 Å². The van der Waals surface area contributed by atoms with Crippen molar-refractivity contribution in [1.82, 2.24) is 15.2 Å². The predicted molar refractivity (Wildman–Crippen MR) is 89.4 cm³/mol. The molecule has 0 saturated heterocycles. The van der Waals surface area contributed by atoms with Gasteiger partial charge in [-0.05, 0) is 38.4 Å². The van der Waals surface area contributed by atoms with Crippen LogP contribution in [0.1, 0.15) is 21.0 Å². The zero-order valence-corrected chi connectivity index (χ0v) is 13.8. The third-order valence-electron chi connectivity index (χ3n) is 3.26. The van der Waals surface area contributed by atoms with E-state index in [-0.39, 0.29) is 11.4 Å².